The van der Waals surface area contributed by atoms with Gasteiger partial charge in [-0.3, -0.25) is 9.35 Å². The number of rotatable bonds is 3. The smallest absolute Gasteiger partial charge is 0.422 e. The van der Waals surface area contributed by atoms with E-state index in [1.165, 1.54) is 0 Å². The molecule has 2 rings (SSSR count). The molecule has 108 valence electrons. The molecule has 1 heterocycles. The minimum atomic E-state index is -5.94. The van der Waals surface area contributed by atoms with Crippen molar-refractivity contribution in [3.05, 3.63) is 0 Å². The third kappa shape index (κ3) is 2.29. The molecule has 2 unspecified atom stereocenters. The lowest BCUT2D eigenvalue weighted by atomic mass is 9.88. The highest BCUT2D eigenvalue weighted by Gasteiger charge is 2.60. The molecule has 2 aliphatic rings. The standard InChI is InChI=1S/C9H10F2O7S/c10-9(11,19(14,15)16)7(13)18-8-3-1-2-5(4-8)6(12)17-8/h5H,1-4H2,(H,14,15,16). The predicted octanol–water partition coefficient (Wildman–Crippen LogP) is 0.453. The van der Waals surface area contributed by atoms with Crippen molar-refractivity contribution in [1.29, 1.82) is 0 Å². The van der Waals surface area contributed by atoms with E-state index in [0.29, 0.717) is 12.8 Å². The lowest BCUT2D eigenvalue weighted by Crippen LogP contribution is -2.45. The molecule has 0 aromatic heterocycles. The Morgan fingerprint density at radius 1 is 1.53 bits per heavy atom. The fourth-order valence-corrected chi connectivity index (χ4v) is 2.46. The van der Waals surface area contributed by atoms with Crippen molar-refractivity contribution < 1.29 is 40.8 Å². The number of halogens is 2. The highest BCUT2D eigenvalue weighted by atomic mass is 32.2. The third-order valence-electron chi connectivity index (χ3n) is 3.13. The summed E-state index contributed by atoms with van der Waals surface area (Å²) in [7, 11) is -5.94. The van der Waals surface area contributed by atoms with E-state index < -0.39 is 39.0 Å². The molecular weight excluding hydrogens is 290 g/mol. The number of carbonyl (C=O) groups excluding carboxylic acids is 2. The molecule has 7 nitrogen and oxygen atoms in total. The second-order valence-electron chi connectivity index (χ2n) is 4.51. The van der Waals surface area contributed by atoms with Crippen molar-refractivity contribution in [2.75, 3.05) is 0 Å². The van der Waals surface area contributed by atoms with Crippen molar-refractivity contribution in [3.8, 4) is 0 Å². The molecule has 0 amide bonds. The zero-order chi connectivity index (χ0) is 14.5. The van der Waals surface area contributed by atoms with Crippen LogP contribution in [0.3, 0.4) is 0 Å². The topological polar surface area (TPSA) is 107 Å². The van der Waals surface area contributed by atoms with Crippen LogP contribution in [0, 0.1) is 5.92 Å². The fourth-order valence-electron chi connectivity index (χ4n) is 2.21. The van der Waals surface area contributed by atoms with Gasteiger partial charge in [0.2, 0.25) is 0 Å². The second-order valence-corrected chi connectivity index (χ2v) is 5.97. The summed E-state index contributed by atoms with van der Waals surface area (Å²) in [6, 6.07) is 0. The molecule has 10 heteroatoms. The lowest BCUT2D eigenvalue weighted by Gasteiger charge is -2.30. The summed E-state index contributed by atoms with van der Waals surface area (Å²) in [5.74, 6) is -5.50. The van der Waals surface area contributed by atoms with Crippen LogP contribution in [0.4, 0.5) is 8.78 Å². The van der Waals surface area contributed by atoms with Crippen LogP contribution in [0.5, 0.6) is 0 Å². The number of hydrogen-bond donors (Lipinski definition) is 1. The number of carbonyl (C=O) groups is 2. The molecular formula is C9H10F2O7S. The van der Waals surface area contributed by atoms with Crippen LogP contribution in [0.25, 0.3) is 0 Å². The Balaban J connectivity index is 2.18. The van der Waals surface area contributed by atoms with E-state index in [1.54, 1.807) is 0 Å². The minimum Gasteiger partial charge on any atom is -0.422 e. The van der Waals surface area contributed by atoms with E-state index in [2.05, 4.69) is 4.74 Å². The van der Waals surface area contributed by atoms with Gasteiger partial charge in [-0.25, -0.2) is 4.79 Å². The first-order chi connectivity index (χ1) is 8.57. The Bertz CT molecular complexity index is 529. The van der Waals surface area contributed by atoms with Crippen LogP contribution in [-0.4, -0.2) is 36.0 Å². The van der Waals surface area contributed by atoms with Gasteiger partial charge in [0.05, 0.1) is 5.92 Å². The maximum absolute atomic E-state index is 13.0. The maximum Gasteiger partial charge on any atom is 0.465 e. The summed E-state index contributed by atoms with van der Waals surface area (Å²) in [5, 5.41) is -5.09. The minimum absolute atomic E-state index is 0.0164. The molecule has 1 aliphatic carbocycles. The fraction of sp³-hybridized carbons (Fsp3) is 0.778. The third-order valence-corrected chi connectivity index (χ3v) is 3.94. The number of alkyl halides is 2. The second kappa shape index (κ2) is 4.10. The molecule has 1 saturated carbocycles. The average Bonchev–Trinajstić information content (AvgIpc) is 2.47. The van der Waals surface area contributed by atoms with Crippen LogP contribution < -0.4 is 0 Å². The van der Waals surface area contributed by atoms with Gasteiger partial charge in [0.25, 0.3) is 5.79 Å². The van der Waals surface area contributed by atoms with E-state index in [-0.39, 0.29) is 12.8 Å². The van der Waals surface area contributed by atoms with Gasteiger partial charge >= 0.3 is 27.3 Å². The van der Waals surface area contributed by atoms with E-state index in [4.69, 9.17) is 9.29 Å². The molecule has 0 aromatic rings. The van der Waals surface area contributed by atoms with Crippen molar-refractivity contribution in [2.45, 2.75) is 36.7 Å². The zero-order valence-corrected chi connectivity index (χ0v) is 10.3. The van der Waals surface area contributed by atoms with Gasteiger partial charge in [-0.1, -0.05) is 0 Å². The summed E-state index contributed by atoms with van der Waals surface area (Å²) in [6.07, 6.45) is 0.843. The summed E-state index contributed by atoms with van der Waals surface area (Å²) >= 11 is 0. The SMILES string of the molecule is O=C1OC2(OC(=O)C(F)(F)S(=O)(=O)O)CCCC1C2. The lowest BCUT2D eigenvalue weighted by molar-refractivity contribution is -0.228. The first-order valence-electron chi connectivity index (χ1n) is 5.39. The average molecular weight is 300 g/mol. The molecule has 0 aromatic carbocycles. The van der Waals surface area contributed by atoms with Gasteiger partial charge < -0.3 is 9.47 Å². The zero-order valence-electron chi connectivity index (χ0n) is 9.47. The molecule has 0 spiro atoms. The molecule has 2 fully saturated rings. The Morgan fingerprint density at radius 2 is 2.16 bits per heavy atom. The Hall–Kier alpha value is -1.29. The highest BCUT2D eigenvalue weighted by Crippen LogP contribution is 2.44. The quantitative estimate of drug-likeness (QED) is 0.595. The van der Waals surface area contributed by atoms with Crippen LogP contribution in [0.15, 0.2) is 0 Å². The van der Waals surface area contributed by atoms with E-state index >= 15 is 0 Å². The van der Waals surface area contributed by atoms with Crippen molar-refractivity contribution in [2.24, 2.45) is 5.92 Å². The summed E-state index contributed by atoms with van der Waals surface area (Å²) in [5.41, 5.74) is 0. The van der Waals surface area contributed by atoms with Gasteiger partial charge in [0.15, 0.2) is 0 Å². The molecule has 0 radical (unpaired) electrons. The molecule has 1 saturated heterocycles. The Kier molecular flexibility index (Phi) is 3.05. The number of hydrogen-bond acceptors (Lipinski definition) is 6. The van der Waals surface area contributed by atoms with Gasteiger partial charge in [-0.2, -0.15) is 17.2 Å². The van der Waals surface area contributed by atoms with E-state index in [1.807, 2.05) is 0 Å². The molecule has 19 heavy (non-hydrogen) atoms. The monoisotopic (exact) mass is 300 g/mol. The van der Waals surface area contributed by atoms with Gasteiger partial charge in [0.1, 0.15) is 0 Å². The summed E-state index contributed by atoms with van der Waals surface area (Å²) < 4.78 is 64.3. The van der Waals surface area contributed by atoms with Crippen LogP contribution in [-0.2, 0) is 29.2 Å². The molecule has 2 bridgehead atoms. The van der Waals surface area contributed by atoms with Crippen LogP contribution in [0.2, 0.25) is 0 Å². The first kappa shape index (κ1) is 14.1. The normalized spacial score (nSPS) is 30.9. The van der Waals surface area contributed by atoms with Crippen molar-refractivity contribution in [1.82, 2.24) is 0 Å². The Morgan fingerprint density at radius 3 is 2.74 bits per heavy atom. The van der Waals surface area contributed by atoms with Crippen molar-refractivity contribution >= 4 is 22.1 Å². The van der Waals surface area contributed by atoms with Crippen LogP contribution >= 0.6 is 0 Å². The highest BCUT2D eigenvalue weighted by molar-refractivity contribution is 7.87. The molecule has 2 atom stereocenters. The maximum atomic E-state index is 13.0. The van der Waals surface area contributed by atoms with Crippen molar-refractivity contribution in [3.63, 3.8) is 0 Å². The molecule has 1 aliphatic heterocycles. The molecule has 1 N–H and O–H groups in total. The van der Waals surface area contributed by atoms with E-state index in [0.717, 1.165) is 0 Å². The number of fused-ring (bicyclic) bond motifs is 2. The van der Waals surface area contributed by atoms with Gasteiger partial charge in [-0.05, 0) is 12.8 Å². The summed E-state index contributed by atoms with van der Waals surface area (Å²) in [6.45, 7) is 0. The number of esters is 2. The Labute approximate surface area is 106 Å². The van der Waals surface area contributed by atoms with Crippen LogP contribution in [0.1, 0.15) is 25.7 Å². The largest absolute Gasteiger partial charge is 0.465 e. The predicted molar refractivity (Wildman–Crippen MR) is 53.4 cm³/mol. The van der Waals surface area contributed by atoms with Gasteiger partial charge in [-0.15, -0.1) is 0 Å². The first-order valence-corrected chi connectivity index (χ1v) is 6.83. The number of ether oxygens (including phenoxy) is 2. The van der Waals surface area contributed by atoms with Gasteiger partial charge in [0, 0.05) is 12.8 Å². The van der Waals surface area contributed by atoms with E-state index in [9.17, 15) is 26.8 Å². The summed E-state index contributed by atoms with van der Waals surface area (Å²) in [4.78, 5) is 22.5.